The van der Waals surface area contributed by atoms with Gasteiger partial charge < -0.3 is 0 Å². The van der Waals surface area contributed by atoms with Gasteiger partial charge in [0.2, 0.25) is 0 Å². The number of hydrogen-bond donors (Lipinski definition) is 0. The highest BCUT2D eigenvalue weighted by atomic mass is 35.5. The van der Waals surface area contributed by atoms with E-state index in [0.29, 0.717) is 6.04 Å². The molecule has 0 aliphatic carbocycles. The van der Waals surface area contributed by atoms with Gasteiger partial charge in [0.1, 0.15) is 0 Å². The number of piperidine rings is 1. The lowest BCUT2D eigenvalue weighted by Gasteiger charge is -2.36. The molecule has 0 amide bonds. The van der Waals surface area contributed by atoms with E-state index in [1.165, 1.54) is 37.1 Å². The molecule has 2 aromatic carbocycles. The molecule has 0 bridgehead atoms. The predicted molar refractivity (Wildman–Crippen MR) is 97.7 cm³/mol. The van der Waals surface area contributed by atoms with E-state index in [1.54, 1.807) is 0 Å². The molecule has 0 N–H and O–H groups in total. The Bertz CT molecular complexity index is 589. The third-order valence-corrected chi connectivity index (χ3v) is 5.03. The molecular formula is C20H25ClN2. The fourth-order valence-electron chi connectivity index (χ4n) is 3.37. The van der Waals surface area contributed by atoms with Crippen LogP contribution in [0.15, 0.2) is 54.6 Å². The minimum absolute atomic E-state index is 0.691. The van der Waals surface area contributed by atoms with Gasteiger partial charge in [-0.1, -0.05) is 54.1 Å². The molecule has 1 heterocycles. The molecule has 1 saturated heterocycles. The summed E-state index contributed by atoms with van der Waals surface area (Å²) in [6.45, 7) is 4.42. The van der Waals surface area contributed by atoms with Gasteiger partial charge in [0.25, 0.3) is 0 Å². The van der Waals surface area contributed by atoms with Crippen LogP contribution in [0.1, 0.15) is 24.0 Å². The van der Waals surface area contributed by atoms with Crippen molar-refractivity contribution in [2.45, 2.75) is 32.0 Å². The lowest BCUT2D eigenvalue weighted by Crippen LogP contribution is -2.42. The molecule has 0 spiro atoms. The topological polar surface area (TPSA) is 6.48 Å². The summed E-state index contributed by atoms with van der Waals surface area (Å²) in [5, 5.41) is 0.815. The molecule has 3 heteroatoms. The van der Waals surface area contributed by atoms with Crippen molar-refractivity contribution in [3.8, 4) is 0 Å². The Labute approximate surface area is 144 Å². The average molecular weight is 329 g/mol. The maximum atomic E-state index is 5.96. The van der Waals surface area contributed by atoms with Gasteiger partial charge in [-0.15, -0.1) is 0 Å². The first-order chi connectivity index (χ1) is 11.2. The van der Waals surface area contributed by atoms with Gasteiger partial charge in [0.15, 0.2) is 0 Å². The van der Waals surface area contributed by atoms with E-state index in [2.05, 4.69) is 59.3 Å². The summed E-state index contributed by atoms with van der Waals surface area (Å²) in [4.78, 5) is 5.06. The monoisotopic (exact) mass is 328 g/mol. The number of hydrogen-bond acceptors (Lipinski definition) is 2. The molecule has 2 aromatic rings. The van der Waals surface area contributed by atoms with Gasteiger partial charge in [-0.25, -0.2) is 0 Å². The smallest absolute Gasteiger partial charge is 0.0406 e. The van der Waals surface area contributed by atoms with E-state index in [9.17, 15) is 0 Å². The van der Waals surface area contributed by atoms with Gasteiger partial charge >= 0.3 is 0 Å². The first-order valence-electron chi connectivity index (χ1n) is 8.41. The van der Waals surface area contributed by atoms with Crippen molar-refractivity contribution in [2.75, 3.05) is 20.1 Å². The van der Waals surface area contributed by atoms with Crippen LogP contribution in [0.4, 0.5) is 0 Å². The van der Waals surface area contributed by atoms with Crippen LogP contribution in [0.5, 0.6) is 0 Å². The molecule has 23 heavy (non-hydrogen) atoms. The Kier molecular flexibility index (Phi) is 5.71. The van der Waals surface area contributed by atoms with Crippen LogP contribution in [-0.2, 0) is 13.1 Å². The van der Waals surface area contributed by atoms with Gasteiger partial charge in [-0.2, -0.15) is 0 Å². The van der Waals surface area contributed by atoms with Crippen molar-refractivity contribution in [3.05, 3.63) is 70.7 Å². The van der Waals surface area contributed by atoms with Crippen molar-refractivity contribution >= 4 is 11.6 Å². The van der Waals surface area contributed by atoms with Gasteiger partial charge in [0.05, 0.1) is 0 Å². The number of benzene rings is 2. The van der Waals surface area contributed by atoms with Gasteiger partial charge in [0, 0.05) is 24.2 Å². The fraction of sp³-hybridized carbons (Fsp3) is 0.400. The lowest BCUT2D eigenvalue weighted by atomic mass is 10.0. The summed E-state index contributed by atoms with van der Waals surface area (Å²) < 4.78 is 0. The highest BCUT2D eigenvalue weighted by molar-refractivity contribution is 6.30. The highest BCUT2D eigenvalue weighted by Gasteiger charge is 2.22. The van der Waals surface area contributed by atoms with Crippen LogP contribution < -0.4 is 0 Å². The van der Waals surface area contributed by atoms with E-state index in [4.69, 9.17) is 11.6 Å². The first-order valence-corrected chi connectivity index (χ1v) is 8.79. The van der Waals surface area contributed by atoms with Crippen LogP contribution >= 0.6 is 11.6 Å². The summed E-state index contributed by atoms with van der Waals surface area (Å²) >= 11 is 5.96. The van der Waals surface area contributed by atoms with Gasteiger partial charge in [-0.05, 0) is 56.2 Å². The third-order valence-electron chi connectivity index (χ3n) is 4.77. The Hall–Kier alpha value is -1.35. The van der Waals surface area contributed by atoms with E-state index in [0.717, 1.165) is 18.1 Å². The zero-order valence-electron chi connectivity index (χ0n) is 13.8. The Morgan fingerprint density at radius 2 is 1.61 bits per heavy atom. The molecule has 0 unspecified atom stereocenters. The lowest BCUT2D eigenvalue weighted by molar-refractivity contribution is 0.119. The molecule has 1 fully saturated rings. The zero-order chi connectivity index (χ0) is 16.1. The molecule has 1 aliphatic rings. The minimum atomic E-state index is 0.691. The Balaban J connectivity index is 1.47. The standard InChI is InChI=1S/C20H25ClN2/c1-22(15-17-5-3-2-4-6-17)20-11-13-23(14-12-20)16-18-7-9-19(21)10-8-18/h2-10,20H,11-16H2,1H3. The van der Waals surface area contributed by atoms with Gasteiger partial charge in [-0.3, -0.25) is 9.80 Å². The first kappa shape index (κ1) is 16.5. The van der Waals surface area contributed by atoms with Crippen LogP contribution in [0.3, 0.4) is 0 Å². The van der Waals surface area contributed by atoms with Crippen LogP contribution in [0.25, 0.3) is 0 Å². The van der Waals surface area contributed by atoms with Crippen LogP contribution in [-0.4, -0.2) is 36.0 Å². The number of halogens is 1. The van der Waals surface area contributed by atoms with Crippen molar-refractivity contribution in [1.82, 2.24) is 9.80 Å². The second-order valence-electron chi connectivity index (χ2n) is 6.53. The Morgan fingerprint density at radius 3 is 2.26 bits per heavy atom. The van der Waals surface area contributed by atoms with Crippen molar-refractivity contribution in [3.63, 3.8) is 0 Å². The van der Waals surface area contributed by atoms with Crippen molar-refractivity contribution < 1.29 is 0 Å². The normalized spacial score (nSPS) is 16.8. The average Bonchev–Trinajstić information content (AvgIpc) is 2.58. The largest absolute Gasteiger partial charge is 0.299 e. The molecule has 0 aromatic heterocycles. The van der Waals surface area contributed by atoms with E-state index < -0.39 is 0 Å². The summed E-state index contributed by atoms with van der Waals surface area (Å²) in [5.74, 6) is 0. The fourth-order valence-corrected chi connectivity index (χ4v) is 3.49. The predicted octanol–water partition coefficient (Wildman–Crippen LogP) is 4.44. The molecule has 3 rings (SSSR count). The minimum Gasteiger partial charge on any atom is -0.299 e. The van der Waals surface area contributed by atoms with E-state index in [-0.39, 0.29) is 0 Å². The van der Waals surface area contributed by atoms with E-state index in [1.807, 2.05) is 12.1 Å². The molecule has 0 radical (unpaired) electrons. The molecular weight excluding hydrogens is 304 g/mol. The molecule has 2 nitrogen and oxygen atoms in total. The molecule has 1 aliphatic heterocycles. The Morgan fingerprint density at radius 1 is 0.957 bits per heavy atom. The third kappa shape index (κ3) is 4.81. The second-order valence-corrected chi connectivity index (χ2v) is 6.97. The molecule has 0 atom stereocenters. The molecule has 0 saturated carbocycles. The van der Waals surface area contributed by atoms with Crippen LogP contribution in [0, 0.1) is 0 Å². The summed E-state index contributed by atoms with van der Waals surface area (Å²) in [5.41, 5.74) is 2.75. The summed E-state index contributed by atoms with van der Waals surface area (Å²) in [6.07, 6.45) is 2.49. The SMILES string of the molecule is CN(Cc1ccccc1)C1CCN(Cc2ccc(Cl)cc2)CC1. The number of nitrogens with zero attached hydrogens (tertiary/aromatic N) is 2. The van der Waals surface area contributed by atoms with E-state index >= 15 is 0 Å². The van der Waals surface area contributed by atoms with Crippen molar-refractivity contribution in [1.29, 1.82) is 0 Å². The zero-order valence-corrected chi connectivity index (χ0v) is 14.5. The molecule has 122 valence electrons. The summed E-state index contributed by atoms with van der Waals surface area (Å²) in [7, 11) is 2.26. The maximum Gasteiger partial charge on any atom is 0.0406 e. The second kappa shape index (κ2) is 7.96. The maximum absolute atomic E-state index is 5.96. The van der Waals surface area contributed by atoms with Crippen molar-refractivity contribution in [2.24, 2.45) is 0 Å². The quantitative estimate of drug-likeness (QED) is 0.800. The number of rotatable bonds is 5. The summed E-state index contributed by atoms with van der Waals surface area (Å²) in [6, 6.07) is 19.7. The number of likely N-dealkylation sites (tertiary alicyclic amines) is 1. The highest BCUT2D eigenvalue weighted by Crippen LogP contribution is 2.20. The van der Waals surface area contributed by atoms with Crippen LogP contribution in [0.2, 0.25) is 5.02 Å².